The molecule has 3 aromatic rings. The number of benzene rings is 1. The molecule has 0 aliphatic carbocycles. The molecule has 0 aliphatic heterocycles. The van der Waals surface area contributed by atoms with E-state index in [1.807, 2.05) is 29.5 Å². The quantitative estimate of drug-likeness (QED) is 0.653. The summed E-state index contributed by atoms with van der Waals surface area (Å²) in [7, 11) is 0. The summed E-state index contributed by atoms with van der Waals surface area (Å²) >= 11 is 3.49. The van der Waals surface area contributed by atoms with E-state index in [0.29, 0.717) is 14.7 Å². The van der Waals surface area contributed by atoms with Crippen molar-refractivity contribution in [2.75, 3.05) is 5.32 Å². The lowest BCUT2D eigenvalue weighted by molar-refractivity contribution is 0.0995. The summed E-state index contributed by atoms with van der Waals surface area (Å²) < 4.78 is 7.05. The van der Waals surface area contributed by atoms with Crippen LogP contribution in [0.15, 0.2) is 28.7 Å². The second-order valence-corrected chi connectivity index (χ2v) is 6.60. The highest BCUT2D eigenvalue weighted by molar-refractivity contribution is 14.1. The normalized spacial score (nSPS) is 10.9. The van der Waals surface area contributed by atoms with Gasteiger partial charge in [0.05, 0.1) is 10.2 Å². The monoisotopic (exact) mass is 398 g/mol. The molecular weight excluding hydrogens is 387 g/mol. The molecule has 1 aromatic carbocycles. The number of nitrogens with one attached hydrogen (secondary N) is 1. The number of aryl methyl sites for hydroxylation is 2. The zero-order chi connectivity index (χ0) is 14.3. The van der Waals surface area contributed by atoms with Gasteiger partial charge in [0.2, 0.25) is 0 Å². The predicted octanol–water partition coefficient (Wildman–Crippen LogP) is 4.36. The Bertz CT molecular complexity index is 807. The van der Waals surface area contributed by atoms with Gasteiger partial charge in [-0.05, 0) is 65.8 Å². The first-order valence-electron chi connectivity index (χ1n) is 5.97. The van der Waals surface area contributed by atoms with E-state index < -0.39 is 0 Å². The molecule has 3 rings (SSSR count). The minimum Gasteiger partial charge on any atom is -0.445 e. The number of fused-ring (bicyclic) bond motifs is 1. The van der Waals surface area contributed by atoms with E-state index in [4.69, 9.17) is 4.42 Å². The molecule has 20 heavy (non-hydrogen) atoms. The molecule has 0 fully saturated rings. The first-order valence-corrected chi connectivity index (χ1v) is 7.87. The topological polar surface area (TPSA) is 55.1 Å². The number of thiazole rings is 1. The molecule has 4 nitrogen and oxygen atoms in total. The second-order valence-electron chi connectivity index (χ2n) is 4.51. The molecule has 0 spiro atoms. The third-order valence-corrected chi connectivity index (χ3v) is 4.34. The number of halogens is 1. The van der Waals surface area contributed by atoms with Gasteiger partial charge in [-0.2, -0.15) is 0 Å². The van der Waals surface area contributed by atoms with Crippen molar-refractivity contribution in [2.24, 2.45) is 0 Å². The highest BCUT2D eigenvalue weighted by Gasteiger charge is 2.14. The van der Waals surface area contributed by atoms with Crippen LogP contribution in [0.1, 0.15) is 21.7 Å². The van der Waals surface area contributed by atoms with Crippen LogP contribution in [0.3, 0.4) is 0 Å². The number of carbonyl (C=O) groups excluding carboxylic acids is 1. The standard InChI is InChI=1S/C14H11IN2O2S/c1-7-5-8(2)12-10(6-7)20-14(16-12)17-13(18)9-3-4-11(15)19-9/h3-6H,1-2H3,(H,16,17,18). The number of aromatic nitrogens is 1. The zero-order valence-corrected chi connectivity index (χ0v) is 13.8. The molecule has 0 aliphatic rings. The Hall–Kier alpha value is -1.41. The molecule has 2 heterocycles. The van der Waals surface area contributed by atoms with Crippen molar-refractivity contribution < 1.29 is 9.21 Å². The maximum Gasteiger partial charge on any atom is 0.293 e. The van der Waals surface area contributed by atoms with Gasteiger partial charge in [0.25, 0.3) is 5.91 Å². The van der Waals surface area contributed by atoms with Crippen LogP contribution in [-0.4, -0.2) is 10.9 Å². The van der Waals surface area contributed by atoms with Gasteiger partial charge in [-0.3, -0.25) is 10.1 Å². The Morgan fingerprint density at radius 3 is 2.85 bits per heavy atom. The molecule has 1 amide bonds. The van der Waals surface area contributed by atoms with Gasteiger partial charge in [-0.1, -0.05) is 17.4 Å². The van der Waals surface area contributed by atoms with Crippen LogP contribution >= 0.6 is 33.9 Å². The predicted molar refractivity (Wildman–Crippen MR) is 88.5 cm³/mol. The van der Waals surface area contributed by atoms with Crippen molar-refractivity contribution in [2.45, 2.75) is 13.8 Å². The lowest BCUT2D eigenvalue weighted by atomic mass is 10.1. The molecule has 102 valence electrons. The Balaban J connectivity index is 1.91. The highest BCUT2D eigenvalue weighted by Crippen LogP contribution is 2.29. The minimum absolute atomic E-state index is 0.277. The van der Waals surface area contributed by atoms with Crippen molar-refractivity contribution in [3.8, 4) is 0 Å². The Kier molecular flexibility index (Phi) is 3.51. The van der Waals surface area contributed by atoms with Crippen molar-refractivity contribution in [1.29, 1.82) is 0 Å². The molecule has 1 N–H and O–H groups in total. The third kappa shape index (κ3) is 2.57. The summed E-state index contributed by atoms with van der Waals surface area (Å²) in [6.45, 7) is 4.07. The fourth-order valence-electron chi connectivity index (χ4n) is 2.02. The lowest BCUT2D eigenvalue weighted by Gasteiger charge is -1.97. The van der Waals surface area contributed by atoms with Gasteiger partial charge in [-0.25, -0.2) is 4.98 Å². The Morgan fingerprint density at radius 2 is 2.15 bits per heavy atom. The summed E-state index contributed by atoms with van der Waals surface area (Å²) in [6.07, 6.45) is 0. The molecule has 2 aromatic heterocycles. The van der Waals surface area contributed by atoms with Crippen LogP contribution in [0.5, 0.6) is 0 Å². The second kappa shape index (κ2) is 5.17. The van der Waals surface area contributed by atoms with Crippen LogP contribution < -0.4 is 5.32 Å². The largest absolute Gasteiger partial charge is 0.445 e. The Morgan fingerprint density at radius 1 is 1.35 bits per heavy atom. The molecule has 0 unspecified atom stereocenters. The van der Waals surface area contributed by atoms with Crippen LogP contribution in [-0.2, 0) is 0 Å². The maximum atomic E-state index is 12.0. The van der Waals surface area contributed by atoms with Crippen LogP contribution in [0, 0.1) is 17.6 Å². The minimum atomic E-state index is -0.277. The number of hydrogen-bond acceptors (Lipinski definition) is 4. The van der Waals surface area contributed by atoms with Crippen LogP contribution in [0.2, 0.25) is 0 Å². The third-order valence-electron chi connectivity index (χ3n) is 2.85. The van der Waals surface area contributed by atoms with Gasteiger partial charge in [-0.15, -0.1) is 0 Å². The summed E-state index contributed by atoms with van der Waals surface area (Å²) in [5, 5.41) is 3.37. The average Bonchev–Trinajstić information content (AvgIpc) is 2.95. The molecule has 0 saturated heterocycles. The van der Waals surface area contributed by atoms with E-state index >= 15 is 0 Å². The van der Waals surface area contributed by atoms with Gasteiger partial charge < -0.3 is 4.42 Å². The summed E-state index contributed by atoms with van der Waals surface area (Å²) in [6, 6.07) is 7.56. The molecule has 0 bridgehead atoms. The zero-order valence-electron chi connectivity index (χ0n) is 10.9. The number of carbonyl (C=O) groups is 1. The van der Waals surface area contributed by atoms with Crippen molar-refractivity contribution in [3.63, 3.8) is 0 Å². The first kappa shape index (κ1) is 13.6. The average molecular weight is 398 g/mol. The highest BCUT2D eigenvalue weighted by atomic mass is 127. The van der Waals surface area contributed by atoms with E-state index in [9.17, 15) is 4.79 Å². The van der Waals surface area contributed by atoms with E-state index in [0.717, 1.165) is 15.8 Å². The van der Waals surface area contributed by atoms with Crippen LogP contribution in [0.25, 0.3) is 10.2 Å². The molecule has 0 atom stereocenters. The first-order chi connectivity index (χ1) is 9.52. The van der Waals surface area contributed by atoms with Crippen LogP contribution in [0.4, 0.5) is 5.13 Å². The van der Waals surface area contributed by atoms with Crippen molar-refractivity contribution in [1.82, 2.24) is 4.98 Å². The lowest BCUT2D eigenvalue weighted by Crippen LogP contribution is -2.10. The fourth-order valence-corrected chi connectivity index (χ4v) is 3.47. The number of amides is 1. The van der Waals surface area contributed by atoms with Gasteiger partial charge >= 0.3 is 0 Å². The molecule has 0 radical (unpaired) electrons. The summed E-state index contributed by atoms with van der Waals surface area (Å²) in [4.78, 5) is 16.5. The number of hydrogen-bond donors (Lipinski definition) is 1. The van der Waals surface area contributed by atoms with E-state index in [-0.39, 0.29) is 5.91 Å². The molecular formula is C14H11IN2O2S. The Labute approximate surface area is 133 Å². The van der Waals surface area contributed by atoms with Gasteiger partial charge in [0.15, 0.2) is 14.7 Å². The van der Waals surface area contributed by atoms with E-state index in [1.165, 1.54) is 16.9 Å². The fraction of sp³-hybridized carbons (Fsp3) is 0.143. The number of rotatable bonds is 2. The maximum absolute atomic E-state index is 12.0. The molecule has 0 saturated carbocycles. The van der Waals surface area contributed by atoms with Crippen molar-refractivity contribution in [3.05, 3.63) is 44.9 Å². The smallest absolute Gasteiger partial charge is 0.293 e. The molecule has 6 heteroatoms. The van der Waals surface area contributed by atoms with Gasteiger partial charge in [0.1, 0.15) is 0 Å². The van der Waals surface area contributed by atoms with E-state index in [1.54, 1.807) is 12.1 Å². The number of anilines is 1. The summed E-state index contributed by atoms with van der Waals surface area (Å²) in [5.74, 6) is 0.0166. The summed E-state index contributed by atoms with van der Waals surface area (Å²) in [5.41, 5.74) is 3.24. The van der Waals surface area contributed by atoms with Crippen molar-refractivity contribution >= 4 is 55.2 Å². The van der Waals surface area contributed by atoms with Gasteiger partial charge in [0, 0.05) is 0 Å². The SMILES string of the molecule is Cc1cc(C)c2nc(NC(=O)c3ccc(I)o3)sc2c1. The van der Waals surface area contributed by atoms with E-state index in [2.05, 4.69) is 29.4 Å². The number of furan rings is 1. The number of nitrogens with zero attached hydrogens (tertiary/aromatic N) is 1.